The zero-order valence-electron chi connectivity index (χ0n) is 8.84. The second-order valence-electron chi connectivity index (χ2n) is 3.30. The number of anilines is 1. The van der Waals surface area contributed by atoms with Crippen LogP contribution in [-0.2, 0) is 0 Å². The average molecular weight is 306 g/mol. The Morgan fingerprint density at radius 2 is 1.83 bits per heavy atom. The van der Waals surface area contributed by atoms with Crippen molar-refractivity contribution in [1.29, 1.82) is 0 Å². The third-order valence-electron chi connectivity index (χ3n) is 2.05. The first kappa shape index (κ1) is 13.1. The lowest BCUT2D eigenvalue weighted by Crippen LogP contribution is -2.29. The first-order valence-corrected chi connectivity index (χ1v) is 5.95. The highest BCUT2D eigenvalue weighted by atomic mass is 35.5. The lowest BCUT2D eigenvalue weighted by atomic mass is 10.3. The van der Waals surface area contributed by atoms with E-state index in [4.69, 9.17) is 39.2 Å². The maximum Gasteiger partial charge on any atom is 0.305 e. The van der Waals surface area contributed by atoms with Gasteiger partial charge in [-0.2, -0.15) is 0 Å². The number of benzene rings is 1. The largest absolute Gasteiger partial charge is 0.459 e. The Labute approximate surface area is 118 Å². The number of carbonyl (C=O) groups is 1. The summed E-state index contributed by atoms with van der Waals surface area (Å²) in [6.07, 6.45) is 1.40. The molecule has 18 heavy (non-hydrogen) atoms. The Hall–Kier alpha value is -1.36. The Morgan fingerprint density at radius 1 is 1.17 bits per heavy atom. The third kappa shape index (κ3) is 2.90. The van der Waals surface area contributed by atoms with Gasteiger partial charge >= 0.3 is 5.91 Å². The van der Waals surface area contributed by atoms with Gasteiger partial charge in [-0.25, -0.2) is 0 Å². The molecule has 0 aliphatic carbocycles. The predicted octanol–water partition coefficient (Wildman–Crippen LogP) is 4.00. The van der Waals surface area contributed by atoms with Crippen LogP contribution in [0.4, 0.5) is 5.69 Å². The third-order valence-corrected chi connectivity index (χ3v) is 2.87. The van der Waals surface area contributed by atoms with Crippen molar-refractivity contribution >= 4 is 46.4 Å². The minimum atomic E-state index is -0.443. The Morgan fingerprint density at radius 3 is 2.39 bits per heavy atom. The molecule has 2 N–H and O–H groups in total. The van der Waals surface area contributed by atoms with Gasteiger partial charge in [0.2, 0.25) is 0 Å². The van der Waals surface area contributed by atoms with E-state index in [2.05, 4.69) is 10.9 Å². The summed E-state index contributed by atoms with van der Waals surface area (Å²) in [5, 5.41) is 1.01. The van der Waals surface area contributed by atoms with Gasteiger partial charge in [0.05, 0.1) is 22.0 Å². The normalized spacial score (nSPS) is 10.2. The minimum Gasteiger partial charge on any atom is -0.459 e. The summed E-state index contributed by atoms with van der Waals surface area (Å²) in [7, 11) is 0. The van der Waals surface area contributed by atoms with Crippen molar-refractivity contribution in [1.82, 2.24) is 5.43 Å². The fraction of sp³-hybridized carbons (Fsp3) is 0. The number of rotatable bonds is 3. The van der Waals surface area contributed by atoms with Gasteiger partial charge in [-0.1, -0.05) is 34.8 Å². The molecule has 0 spiro atoms. The molecular formula is C11H7Cl3N2O2. The van der Waals surface area contributed by atoms with Crippen molar-refractivity contribution in [3.63, 3.8) is 0 Å². The first-order chi connectivity index (χ1) is 8.58. The van der Waals surface area contributed by atoms with Crippen LogP contribution in [0, 0.1) is 0 Å². The van der Waals surface area contributed by atoms with Crippen molar-refractivity contribution in [2.24, 2.45) is 0 Å². The summed E-state index contributed by atoms with van der Waals surface area (Å²) >= 11 is 17.6. The highest BCUT2D eigenvalue weighted by Crippen LogP contribution is 2.33. The van der Waals surface area contributed by atoms with Crippen molar-refractivity contribution in [3.05, 3.63) is 51.4 Å². The molecule has 0 bridgehead atoms. The lowest BCUT2D eigenvalue weighted by Gasteiger charge is -2.11. The molecule has 0 fully saturated rings. The Bertz CT molecular complexity index is 547. The van der Waals surface area contributed by atoms with E-state index < -0.39 is 5.91 Å². The van der Waals surface area contributed by atoms with Crippen LogP contribution in [-0.4, -0.2) is 5.91 Å². The lowest BCUT2D eigenvalue weighted by molar-refractivity contribution is 0.0935. The van der Waals surface area contributed by atoms with Crippen LogP contribution in [0.2, 0.25) is 15.1 Å². The van der Waals surface area contributed by atoms with E-state index in [1.807, 2.05) is 0 Å². The second-order valence-corrected chi connectivity index (χ2v) is 4.55. The van der Waals surface area contributed by atoms with E-state index in [0.717, 1.165) is 0 Å². The van der Waals surface area contributed by atoms with Crippen LogP contribution in [0.1, 0.15) is 10.6 Å². The van der Waals surface area contributed by atoms with Gasteiger partial charge in [-0.3, -0.25) is 15.6 Å². The molecule has 0 saturated heterocycles. The smallest absolute Gasteiger partial charge is 0.305 e. The molecule has 0 aliphatic heterocycles. The van der Waals surface area contributed by atoms with Gasteiger partial charge < -0.3 is 4.42 Å². The molecule has 1 aromatic heterocycles. The van der Waals surface area contributed by atoms with Crippen molar-refractivity contribution in [2.75, 3.05) is 5.43 Å². The zero-order chi connectivity index (χ0) is 13.1. The monoisotopic (exact) mass is 304 g/mol. The summed E-state index contributed by atoms with van der Waals surface area (Å²) < 4.78 is 4.92. The van der Waals surface area contributed by atoms with E-state index in [0.29, 0.717) is 20.8 Å². The quantitative estimate of drug-likeness (QED) is 0.843. The molecule has 1 amide bonds. The molecule has 4 nitrogen and oxygen atoms in total. The average Bonchev–Trinajstić information content (AvgIpc) is 2.80. The summed E-state index contributed by atoms with van der Waals surface area (Å²) in [6, 6.07) is 6.16. The number of hydrogen-bond acceptors (Lipinski definition) is 3. The number of carbonyl (C=O) groups excluding carboxylic acids is 1. The molecule has 7 heteroatoms. The van der Waals surface area contributed by atoms with E-state index in [1.165, 1.54) is 24.5 Å². The molecule has 2 aromatic rings. The van der Waals surface area contributed by atoms with Crippen LogP contribution in [0.15, 0.2) is 34.9 Å². The molecule has 1 aromatic carbocycles. The summed E-state index contributed by atoms with van der Waals surface area (Å²) in [5.74, 6) is -0.272. The fourth-order valence-electron chi connectivity index (χ4n) is 1.25. The first-order valence-electron chi connectivity index (χ1n) is 4.82. The number of nitrogens with one attached hydrogen (secondary N) is 2. The highest BCUT2D eigenvalue weighted by Gasteiger charge is 2.11. The summed E-state index contributed by atoms with van der Waals surface area (Å²) in [6.45, 7) is 0. The maximum absolute atomic E-state index is 11.6. The highest BCUT2D eigenvalue weighted by molar-refractivity contribution is 6.41. The van der Waals surface area contributed by atoms with Gasteiger partial charge in [0, 0.05) is 5.02 Å². The number of furan rings is 1. The standard InChI is InChI=1S/C11H7Cl3N2O2/c12-6-4-7(13)10(8(14)5-6)15-16-11(17)9-2-1-3-18-9/h1-5,15H,(H,16,17). The molecule has 94 valence electrons. The van der Waals surface area contributed by atoms with E-state index in [-0.39, 0.29) is 5.76 Å². The molecule has 2 rings (SSSR count). The second kappa shape index (κ2) is 5.52. The number of hydrazine groups is 1. The zero-order valence-corrected chi connectivity index (χ0v) is 11.1. The van der Waals surface area contributed by atoms with Crippen LogP contribution in [0.5, 0.6) is 0 Å². The molecular weight excluding hydrogens is 298 g/mol. The fourth-order valence-corrected chi connectivity index (χ4v) is 2.16. The Balaban J connectivity index is 2.09. The van der Waals surface area contributed by atoms with Crippen LogP contribution < -0.4 is 10.9 Å². The predicted molar refractivity (Wildman–Crippen MR) is 71.3 cm³/mol. The van der Waals surface area contributed by atoms with Crippen molar-refractivity contribution in [2.45, 2.75) is 0 Å². The van der Waals surface area contributed by atoms with Gasteiger partial charge in [0.25, 0.3) is 0 Å². The maximum atomic E-state index is 11.6. The van der Waals surface area contributed by atoms with Gasteiger partial charge in [-0.15, -0.1) is 0 Å². The topological polar surface area (TPSA) is 54.3 Å². The molecule has 0 atom stereocenters. The molecule has 0 unspecified atom stereocenters. The van der Waals surface area contributed by atoms with E-state index in [1.54, 1.807) is 6.07 Å². The molecule has 1 heterocycles. The number of hydrogen-bond donors (Lipinski definition) is 2. The van der Waals surface area contributed by atoms with E-state index >= 15 is 0 Å². The van der Waals surface area contributed by atoms with Crippen LogP contribution >= 0.6 is 34.8 Å². The van der Waals surface area contributed by atoms with Gasteiger partial charge in [-0.05, 0) is 24.3 Å². The summed E-state index contributed by atoms with van der Waals surface area (Å²) in [5.41, 5.74) is 5.39. The van der Waals surface area contributed by atoms with Gasteiger partial charge in [0.15, 0.2) is 5.76 Å². The molecule has 0 aliphatic rings. The van der Waals surface area contributed by atoms with Crippen LogP contribution in [0.25, 0.3) is 0 Å². The molecule has 0 radical (unpaired) electrons. The SMILES string of the molecule is O=C(NNc1c(Cl)cc(Cl)cc1Cl)c1ccco1. The van der Waals surface area contributed by atoms with Gasteiger partial charge in [0.1, 0.15) is 0 Å². The Kier molecular flexibility index (Phi) is 4.01. The number of amides is 1. The molecule has 0 saturated carbocycles. The summed E-state index contributed by atoms with van der Waals surface area (Å²) in [4.78, 5) is 11.6. The van der Waals surface area contributed by atoms with Crippen molar-refractivity contribution < 1.29 is 9.21 Å². The minimum absolute atomic E-state index is 0.170. The van der Waals surface area contributed by atoms with Crippen LogP contribution in [0.3, 0.4) is 0 Å². The van der Waals surface area contributed by atoms with Crippen molar-refractivity contribution in [3.8, 4) is 0 Å². The van der Waals surface area contributed by atoms with E-state index in [9.17, 15) is 4.79 Å². The number of halogens is 3.